The zero-order valence-electron chi connectivity index (χ0n) is 12.1. The van der Waals surface area contributed by atoms with Gasteiger partial charge in [-0.05, 0) is 37.5 Å². The predicted molar refractivity (Wildman–Crippen MR) is 77.9 cm³/mol. The highest BCUT2D eigenvalue weighted by Crippen LogP contribution is 2.24. The quantitative estimate of drug-likeness (QED) is 0.750. The number of hydrogen-bond acceptors (Lipinski definition) is 4. The Balaban J connectivity index is 1.91. The summed E-state index contributed by atoms with van der Waals surface area (Å²) in [6.45, 7) is 1.41. The SMILES string of the molecule is O=S(=O)(CC1CCOCC1)NC1CCCCCC1CO. The van der Waals surface area contributed by atoms with Crippen LogP contribution in [0, 0.1) is 11.8 Å². The van der Waals surface area contributed by atoms with Crippen LogP contribution in [0.5, 0.6) is 0 Å². The molecule has 1 heterocycles. The summed E-state index contributed by atoms with van der Waals surface area (Å²) in [4.78, 5) is 0. The van der Waals surface area contributed by atoms with Gasteiger partial charge in [0.05, 0.1) is 5.75 Å². The molecule has 6 heteroatoms. The van der Waals surface area contributed by atoms with E-state index in [1.807, 2.05) is 0 Å². The van der Waals surface area contributed by atoms with Crippen LogP contribution in [0.1, 0.15) is 44.9 Å². The second-order valence-electron chi connectivity index (χ2n) is 6.14. The van der Waals surface area contributed by atoms with Crippen molar-refractivity contribution in [2.45, 2.75) is 51.0 Å². The van der Waals surface area contributed by atoms with Crippen molar-refractivity contribution in [3.63, 3.8) is 0 Å². The Labute approximate surface area is 122 Å². The highest BCUT2D eigenvalue weighted by Gasteiger charge is 2.29. The summed E-state index contributed by atoms with van der Waals surface area (Å²) in [7, 11) is -3.26. The Morgan fingerprint density at radius 1 is 1.05 bits per heavy atom. The maximum atomic E-state index is 12.3. The van der Waals surface area contributed by atoms with E-state index in [2.05, 4.69) is 4.72 Å². The lowest BCUT2D eigenvalue weighted by Gasteiger charge is -2.27. The molecule has 2 atom stereocenters. The van der Waals surface area contributed by atoms with Crippen molar-refractivity contribution in [1.29, 1.82) is 0 Å². The smallest absolute Gasteiger partial charge is 0.212 e. The normalized spacial score (nSPS) is 30.1. The molecule has 5 nitrogen and oxygen atoms in total. The van der Waals surface area contributed by atoms with Crippen molar-refractivity contribution in [2.75, 3.05) is 25.6 Å². The fourth-order valence-corrected chi connectivity index (χ4v) is 5.08. The van der Waals surface area contributed by atoms with Crippen molar-refractivity contribution in [3.8, 4) is 0 Å². The predicted octanol–water partition coefficient (Wildman–Crippen LogP) is 1.27. The third-order valence-electron chi connectivity index (χ3n) is 4.52. The first-order valence-electron chi connectivity index (χ1n) is 7.79. The first-order chi connectivity index (χ1) is 9.61. The third kappa shape index (κ3) is 4.98. The number of sulfonamides is 1. The van der Waals surface area contributed by atoms with Crippen LogP contribution in [-0.4, -0.2) is 45.1 Å². The summed E-state index contributed by atoms with van der Waals surface area (Å²) < 4.78 is 32.7. The molecular formula is C14H27NO4S. The highest BCUT2D eigenvalue weighted by molar-refractivity contribution is 7.89. The van der Waals surface area contributed by atoms with Gasteiger partial charge in [0.2, 0.25) is 10.0 Å². The number of ether oxygens (including phenoxy) is 1. The molecule has 1 saturated carbocycles. The van der Waals surface area contributed by atoms with Crippen LogP contribution in [0.2, 0.25) is 0 Å². The van der Waals surface area contributed by atoms with Crippen molar-refractivity contribution in [3.05, 3.63) is 0 Å². The van der Waals surface area contributed by atoms with Crippen LogP contribution >= 0.6 is 0 Å². The third-order valence-corrected chi connectivity index (χ3v) is 6.09. The van der Waals surface area contributed by atoms with E-state index in [4.69, 9.17) is 4.74 Å². The van der Waals surface area contributed by atoms with Gasteiger partial charge in [-0.2, -0.15) is 0 Å². The fraction of sp³-hybridized carbons (Fsp3) is 1.00. The lowest BCUT2D eigenvalue weighted by atomic mass is 9.97. The first-order valence-corrected chi connectivity index (χ1v) is 9.44. The molecule has 1 aliphatic heterocycles. The summed E-state index contributed by atoms with van der Waals surface area (Å²) in [6.07, 6.45) is 6.68. The molecule has 0 radical (unpaired) electrons. The Bertz CT molecular complexity index is 379. The first kappa shape index (κ1) is 16.2. The Hall–Kier alpha value is -0.170. The molecule has 0 spiro atoms. The van der Waals surface area contributed by atoms with Gasteiger partial charge in [-0.3, -0.25) is 0 Å². The van der Waals surface area contributed by atoms with E-state index in [9.17, 15) is 13.5 Å². The van der Waals surface area contributed by atoms with Crippen LogP contribution < -0.4 is 4.72 Å². The van der Waals surface area contributed by atoms with Crippen LogP contribution in [0.4, 0.5) is 0 Å². The molecule has 0 aromatic carbocycles. The van der Waals surface area contributed by atoms with E-state index < -0.39 is 10.0 Å². The molecule has 20 heavy (non-hydrogen) atoms. The second-order valence-corrected chi connectivity index (χ2v) is 7.94. The van der Waals surface area contributed by atoms with Gasteiger partial charge in [0.1, 0.15) is 0 Å². The molecule has 0 aromatic heterocycles. The van der Waals surface area contributed by atoms with Gasteiger partial charge in [-0.1, -0.05) is 19.3 Å². The molecule has 2 fully saturated rings. The number of hydrogen-bond donors (Lipinski definition) is 2. The lowest BCUT2D eigenvalue weighted by Crippen LogP contribution is -2.43. The highest BCUT2D eigenvalue weighted by atomic mass is 32.2. The van der Waals surface area contributed by atoms with E-state index in [0.717, 1.165) is 44.9 Å². The van der Waals surface area contributed by atoms with Crippen molar-refractivity contribution < 1.29 is 18.3 Å². The standard InChI is InChI=1S/C14H27NO4S/c16-10-13-4-2-1-3-5-14(13)15-20(17,18)11-12-6-8-19-9-7-12/h12-16H,1-11H2. The average molecular weight is 305 g/mol. The topological polar surface area (TPSA) is 75.6 Å². The molecule has 118 valence electrons. The number of nitrogens with one attached hydrogen (secondary N) is 1. The maximum Gasteiger partial charge on any atom is 0.212 e. The fourth-order valence-electron chi connectivity index (χ4n) is 3.26. The molecule has 0 aromatic rings. The largest absolute Gasteiger partial charge is 0.396 e. The van der Waals surface area contributed by atoms with Gasteiger partial charge in [0, 0.05) is 25.9 Å². The average Bonchev–Trinajstić information content (AvgIpc) is 2.63. The van der Waals surface area contributed by atoms with Gasteiger partial charge < -0.3 is 9.84 Å². The van der Waals surface area contributed by atoms with Crippen LogP contribution in [-0.2, 0) is 14.8 Å². The van der Waals surface area contributed by atoms with Crippen molar-refractivity contribution >= 4 is 10.0 Å². The summed E-state index contributed by atoms with van der Waals surface area (Å²) in [5.74, 6) is 0.479. The zero-order chi connectivity index (χ0) is 14.4. The second kappa shape index (κ2) is 7.73. The lowest BCUT2D eigenvalue weighted by molar-refractivity contribution is 0.0722. The minimum absolute atomic E-state index is 0.0713. The van der Waals surface area contributed by atoms with Gasteiger partial charge >= 0.3 is 0 Å². The molecule has 1 saturated heterocycles. The van der Waals surface area contributed by atoms with Gasteiger partial charge in [-0.25, -0.2) is 13.1 Å². The Kier molecular flexibility index (Phi) is 6.26. The molecular weight excluding hydrogens is 278 g/mol. The molecule has 0 amide bonds. The van der Waals surface area contributed by atoms with E-state index in [-0.39, 0.29) is 30.2 Å². The summed E-state index contributed by atoms with van der Waals surface area (Å²) in [6, 6.07) is -0.0904. The molecule has 2 N–H and O–H groups in total. The Morgan fingerprint density at radius 3 is 2.45 bits per heavy atom. The maximum absolute atomic E-state index is 12.3. The van der Waals surface area contributed by atoms with E-state index in [1.165, 1.54) is 0 Å². The summed E-state index contributed by atoms with van der Waals surface area (Å²) in [5, 5.41) is 9.45. The van der Waals surface area contributed by atoms with E-state index in [0.29, 0.717) is 13.2 Å². The Morgan fingerprint density at radius 2 is 1.75 bits per heavy atom. The van der Waals surface area contributed by atoms with Gasteiger partial charge in [-0.15, -0.1) is 0 Å². The molecule has 2 rings (SSSR count). The summed E-state index contributed by atoms with van der Waals surface area (Å²) >= 11 is 0. The monoisotopic (exact) mass is 305 g/mol. The van der Waals surface area contributed by atoms with Crippen LogP contribution in [0.15, 0.2) is 0 Å². The van der Waals surface area contributed by atoms with Crippen molar-refractivity contribution in [2.24, 2.45) is 11.8 Å². The summed E-state index contributed by atoms with van der Waals surface area (Å²) in [5.41, 5.74) is 0. The van der Waals surface area contributed by atoms with E-state index in [1.54, 1.807) is 0 Å². The van der Waals surface area contributed by atoms with E-state index >= 15 is 0 Å². The molecule has 2 unspecified atom stereocenters. The minimum Gasteiger partial charge on any atom is -0.396 e. The molecule has 2 aliphatic rings. The van der Waals surface area contributed by atoms with Gasteiger partial charge in [0.15, 0.2) is 0 Å². The number of aliphatic hydroxyl groups excluding tert-OH is 1. The molecule has 1 aliphatic carbocycles. The number of rotatable bonds is 5. The van der Waals surface area contributed by atoms with Crippen molar-refractivity contribution in [1.82, 2.24) is 4.72 Å². The van der Waals surface area contributed by atoms with Crippen LogP contribution in [0.25, 0.3) is 0 Å². The van der Waals surface area contributed by atoms with Crippen LogP contribution in [0.3, 0.4) is 0 Å². The van der Waals surface area contributed by atoms with Gasteiger partial charge in [0.25, 0.3) is 0 Å². The minimum atomic E-state index is -3.26. The zero-order valence-corrected chi connectivity index (χ0v) is 12.9. The number of aliphatic hydroxyl groups is 1. The molecule has 0 bridgehead atoms.